The van der Waals surface area contributed by atoms with Crippen molar-refractivity contribution in [3.05, 3.63) is 60.2 Å². The molecule has 3 aromatic rings. The van der Waals surface area contributed by atoms with Gasteiger partial charge in [0.25, 0.3) is 5.89 Å². The van der Waals surface area contributed by atoms with Gasteiger partial charge in [-0.3, -0.25) is 4.98 Å². The summed E-state index contributed by atoms with van der Waals surface area (Å²) >= 11 is 0. The first-order valence-electron chi connectivity index (χ1n) is 9.39. The van der Waals surface area contributed by atoms with Crippen LogP contribution in [-0.2, 0) is 16.9 Å². The Hall–Kier alpha value is -2.73. The average Bonchev–Trinajstić information content (AvgIpc) is 3.38. The third-order valence-corrected chi connectivity index (χ3v) is 4.89. The van der Waals surface area contributed by atoms with E-state index < -0.39 is 5.60 Å². The van der Waals surface area contributed by atoms with Crippen LogP contribution in [0.5, 0.6) is 5.75 Å². The van der Waals surface area contributed by atoms with Crippen LogP contribution in [0, 0.1) is 0 Å². The Morgan fingerprint density at radius 2 is 1.93 bits per heavy atom. The lowest BCUT2D eigenvalue weighted by Gasteiger charge is -2.24. The molecule has 6 nitrogen and oxygen atoms in total. The number of hydrogen-bond acceptors (Lipinski definition) is 6. The molecular formula is C21H23N3O3. The topological polar surface area (TPSA) is 70.3 Å². The zero-order valence-electron chi connectivity index (χ0n) is 15.4. The van der Waals surface area contributed by atoms with Gasteiger partial charge in [-0.1, -0.05) is 11.2 Å². The number of benzene rings is 1. The van der Waals surface area contributed by atoms with Crippen LogP contribution in [0.3, 0.4) is 0 Å². The van der Waals surface area contributed by atoms with Gasteiger partial charge in [0.1, 0.15) is 18.0 Å². The quantitative estimate of drug-likeness (QED) is 0.613. The van der Waals surface area contributed by atoms with E-state index in [1.807, 2.05) is 43.3 Å². The van der Waals surface area contributed by atoms with Gasteiger partial charge in [0.15, 0.2) is 0 Å². The average molecular weight is 365 g/mol. The fourth-order valence-corrected chi connectivity index (χ4v) is 3.52. The van der Waals surface area contributed by atoms with Crippen LogP contribution in [0.15, 0.2) is 53.3 Å². The van der Waals surface area contributed by atoms with Gasteiger partial charge in [-0.25, -0.2) is 0 Å². The molecule has 4 rings (SSSR count). The lowest BCUT2D eigenvalue weighted by Crippen LogP contribution is -2.26. The molecule has 2 aromatic heterocycles. The molecule has 1 fully saturated rings. The Morgan fingerprint density at radius 1 is 1.11 bits per heavy atom. The summed E-state index contributed by atoms with van der Waals surface area (Å²) in [7, 11) is 0. The standard InChI is InChI=1S/C21H23N3O3/c1-2-26-21(11-3-4-12-21)20-23-19(24-27-20)17-7-9-18(10-8-17)25-15-16-6-5-13-22-14-16/h5-10,13-14H,2-4,11-12,15H2,1H3. The van der Waals surface area contributed by atoms with Gasteiger partial charge in [-0.05, 0) is 62.9 Å². The highest BCUT2D eigenvalue weighted by molar-refractivity contribution is 5.55. The van der Waals surface area contributed by atoms with Gasteiger partial charge in [0.05, 0.1) is 0 Å². The first kappa shape index (κ1) is 17.7. The lowest BCUT2D eigenvalue weighted by atomic mass is 10.0. The minimum Gasteiger partial charge on any atom is -0.489 e. The Balaban J connectivity index is 1.45. The molecule has 0 spiro atoms. The molecule has 1 aliphatic carbocycles. The van der Waals surface area contributed by atoms with E-state index in [-0.39, 0.29) is 0 Å². The van der Waals surface area contributed by atoms with Crippen molar-refractivity contribution in [1.29, 1.82) is 0 Å². The van der Waals surface area contributed by atoms with Crippen LogP contribution < -0.4 is 4.74 Å². The van der Waals surface area contributed by atoms with Gasteiger partial charge in [-0.15, -0.1) is 0 Å². The number of rotatable bonds is 7. The van der Waals surface area contributed by atoms with E-state index >= 15 is 0 Å². The molecule has 0 bridgehead atoms. The predicted octanol–water partition coefficient (Wildman–Crippen LogP) is 4.52. The highest BCUT2D eigenvalue weighted by atomic mass is 16.5. The number of hydrogen-bond donors (Lipinski definition) is 0. The van der Waals surface area contributed by atoms with Crippen LogP contribution in [0.2, 0.25) is 0 Å². The van der Waals surface area contributed by atoms with Crippen LogP contribution in [0.4, 0.5) is 0 Å². The second-order valence-corrected chi connectivity index (χ2v) is 6.73. The molecule has 0 unspecified atom stereocenters. The van der Waals surface area contributed by atoms with Crippen LogP contribution in [0.1, 0.15) is 44.1 Å². The Labute approximate surface area is 158 Å². The van der Waals surface area contributed by atoms with Crippen LogP contribution in [0.25, 0.3) is 11.4 Å². The Kier molecular flexibility index (Phi) is 5.16. The van der Waals surface area contributed by atoms with Crippen molar-refractivity contribution in [2.45, 2.75) is 44.8 Å². The van der Waals surface area contributed by atoms with Crippen molar-refractivity contribution in [3.8, 4) is 17.1 Å². The number of pyridine rings is 1. The highest BCUT2D eigenvalue weighted by Crippen LogP contribution is 2.41. The first-order valence-corrected chi connectivity index (χ1v) is 9.39. The molecule has 1 aliphatic rings. The van der Waals surface area contributed by atoms with E-state index in [9.17, 15) is 0 Å². The second-order valence-electron chi connectivity index (χ2n) is 6.73. The molecule has 140 valence electrons. The zero-order valence-corrected chi connectivity index (χ0v) is 15.4. The molecule has 2 heterocycles. The van der Waals surface area contributed by atoms with Gasteiger partial charge < -0.3 is 14.0 Å². The van der Waals surface area contributed by atoms with Crippen molar-refractivity contribution in [3.63, 3.8) is 0 Å². The van der Waals surface area contributed by atoms with Crippen molar-refractivity contribution < 1.29 is 14.0 Å². The van der Waals surface area contributed by atoms with E-state index in [4.69, 9.17) is 14.0 Å². The minimum absolute atomic E-state index is 0.410. The minimum atomic E-state index is -0.410. The second kappa shape index (κ2) is 7.88. The van der Waals surface area contributed by atoms with E-state index in [1.165, 1.54) is 0 Å². The lowest BCUT2D eigenvalue weighted by molar-refractivity contribution is -0.0610. The molecule has 1 saturated carbocycles. The molecule has 27 heavy (non-hydrogen) atoms. The Morgan fingerprint density at radius 3 is 2.63 bits per heavy atom. The first-order chi connectivity index (χ1) is 13.3. The predicted molar refractivity (Wildman–Crippen MR) is 100 cm³/mol. The van der Waals surface area contributed by atoms with Crippen LogP contribution >= 0.6 is 0 Å². The van der Waals surface area contributed by atoms with E-state index in [2.05, 4.69) is 15.1 Å². The molecule has 0 radical (unpaired) electrons. The van der Waals surface area contributed by atoms with Crippen molar-refractivity contribution in [2.75, 3.05) is 6.61 Å². The third-order valence-electron chi connectivity index (χ3n) is 4.89. The van der Waals surface area contributed by atoms with Gasteiger partial charge in [0.2, 0.25) is 5.82 Å². The summed E-state index contributed by atoms with van der Waals surface area (Å²) in [4.78, 5) is 8.71. The maximum absolute atomic E-state index is 6.00. The van der Waals surface area contributed by atoms with E-state index in [0.717, 1.165) is 42.6 Å². The SMILES string of the molecule is CCOC1(c2nc(-c3ccc(OCc4cccnc4)cc3)no2)CCCC1. The summed E-state index contributed by atoms with van der Waals surface area (Å²) in [6.07, 6.45) is 7.67. The van der Waals surface area contributed by atoms with E-state index in [0.29, 0.717) is 24.9 Å². The van der Waals surface area contributed by atoms with Gasteiger partial charge >= 0.3 is 0 Å². The van der Waals surface area contributed by atoms with Crippen molar-refractivity contribution >= 4 is 0 Å². The number of aromatic nitrogens is 3. The normalized spacial score (nSPS) is 15.7. The monoisotopic (exact) mass is 365 g/mol. The largest absolute Gasteiger partial charge is 0.489 e. The molecule has 0 amide bonds. The smallest absolute Gasteiger partial charge is 0.259 e. The maximum Gasteiger partial charge on any atom is 0.259 e. The van der Waals surface area contributed by atoms with Gasteiger partial charge in [0, 0.05) is 30.1 Å². The molecule has 1 aromatic carbocycles. The third kappa shape index (κ3) is 3.85. The van der Waals surface area contributed by atoms with E-state index in [1.54, 1.807) is 12.4 Å². The summed E-state index contributed by atoms with van der Waals surface area (Å²) in [5, 5.41) is 4.17. The molecule has 0 saturated heterocycles. The maximum atomic E-state index is 6.00. The van der Waals surface area contributed by atoms with Crippen LogP contribution in [-0.4, -0.2) is 21.7 Å². The highest BCUT2D eigenvalue weighted by Gasteiger charge is 2.41. The number of nitrogens with zero attached hydrogens (tertiary/aromatic N) is 3. The summed E-state index contributed by atoms with van der Waals surface area (Å²) in [5.74, 6) is 1.96. The molecule has 0 atom stereocenters. The Bertz CT molecular complexity index is 856. The van der Waals surface area contributed by atoms with Crippen molar-refractivity contribution in [2.24, 2.45) is 0 Å². The number of ether oxygens (including phenoxy) is 2. The summed E-state index contributed by atoms with van der Waals surface area (Å²) in [6, 6.07) is 11.6. The van der Waals surface area contributed by atoms with Crippen molar-refractivity contribution in [1.82, 2.24) is 15.1 Å². The molecule has 0 aliphatic heterocycles. The van der Waals surface area contributed by atoms with Gasteiger partial charge in [-0.2, -0.15) is 4.98 Å². The summed E-state index contributed by atoms with van der Waals surface area (Å²) in [5.41, 5.74) is 1.51. The molecule has 6 heteroatoms. The molecule has 0 N–H and O–H groups in total. The fourth-order valence-electron chi connectivity index (χ4n) is 3.52. The summed E-state index contributed by atoms with van der Waals surface area (Å²) in [6.45, 7) is 3.12. The fraction of sp³-hybridized carbons (Fsp3) is 0.381. The summed E-state index contributed by atoms with van der Waals surface area (Å²) < 4.78 is 17.4. The zero-order chi connectivity index (χ0) is 18.5. The molecular weight excluding hydrogens is 342 g/mol.